The van der Waals surface area contributed by atoms with Gasteiger partial charge in [0.15, 0.2) is 0 Å². The molecule has 5 aromatic carbocycles. The van der Waals surface area contributed by atoms with Crippen molar-refractivity contribution in [2.75, 3.05) is 0 Å². The summed E-state index contributed by atoms with van der Waals surface area (Å²) in [4.78, 5) is 3.66. The summed E-state index contributed by atoms with van der Waals surface area (Å²) >= 11 is 0. The maximum atomic E-state index is 3.66. The molecule has 0 spiro atoms. The summed E-state index contributed by atoms with van der Waals surface area (Å²) in [5.74, 6) is 0. The average Bonchev–Trinajstić information content (AvgIpc) is 3.32. The zero-order valence-corrected chi connectivity index (χ0v) is 16.3. The molecule has 0 saturated carbocycles. The van der Waals surface area contributed by atoms with Crippen LogP contribution in [0, 0.1) is 0 Å². The Bertz CT molecular complexity index is 1690. The van der Waals surface area contributed by atoms with Crippen LogP contribution in [0.3, 0.4) is 0 Å². The normalized spacial score (nSPS) is 12.0. The van der Waals surface area contributed by atoms with Crippen LogP contribution in [0.4, 0.5) is 0 Å². The van der Waals surface area contributed by atoms with Crippen molar-refractivity contribution in [3.8, 4) is 5.69 Å². The number of rotatable bonds is 1. The first-order chi connectivity index (χ1) is 14.9. The molecule has 2 aromatic heterocycles. The summed E-state index contributed by atoms with van der Waals surface area (Å²) in [5.41, 5.74) is 6.00. The van der Waals surface area contributed by atoms with Crippen molar-refractivity contribution in [2.45, 2.75) is 0 Å². The third kappa shape index (κ3) is 2.08. The molecule has 0 atom stereocenters. The number of hydrogen-bond donors (Lipinski definition) is 1. The van der Waals surface area contributed by atoms with Crippen LogP contribution in [0.15, 0.2) is 103 Å². The van der Waals surface area contributed by atoms with E-state index in [1.54, 1.807) is 0 Å². The number of fused-ring (bicyclic) bond motifs is 7. The van der Waals surface area contributed by atoms with Crippen LogP contribution in [-0.4, -0.2) is 9.55 Å². The number of para-hydroxylation sites is 2. The van der Waals surface area contributed by atoms with Crippen LogP contribution in [0.25, 0.3) is 60.1 Å². The average molecular weight is 382 g/mol. The van der Waals surface area contributed by atoms with E-state index < -0.39 is 0 Å². The van der Waals surface area contributed by atoms with Gasteiger partial charge in [-0.25, -0.2) is 0 Å². The maximum Gasteiger partial charge on any atom is 0.0541 e. The minimum Gasteiger partial charge on any atom is -0.354 e. The first-order valence-electron chi connectivity index (χ1n) is 10.3. The van der Waals surface area contributed by atoms with E-state index in [1.165, 1.54) is 60.1 Å². The second-order valence-electron chi connectivity index (χ2n) is 7.97. The maximum absolute atomic E-state index is 3.66. The molecule has 2 nitrogen and oxygen atoms in total. The van der Waals surface area contributed by atoms with Gasteiger partial charge < -0.3 is 9.55 Å². The topological polar surface area (TPSA) is 20.7 Å². The molecule has 0 saturated heterocycles. The number of benzene rings is 5. The van der Waals surface area contributed by atoms with Crippen molar-refractivity contribution in [3.05, 3.63) is 103 Å². The first-order valence-corrected chi connectivity index (χ1v) is 10.3. The second-order valence-corrected chi connectivity index (χ2v) is 7.97. The van der Waals surface area contributed by atoms with Gasteiger partial charge in [-0.2, -0.15) is 0 Å². The standard InChI is InChI=1S/C28H18N2/c1-2-8-19-16-25-24(15-18(19)7-1)21-14-13-20(17-26(21)29-25)30-27-11-5-3-9-22(27)23-10-4-6-12-28(23)30/h1-17,29H. The highest BCUT2D eigenvalue weighted by atomic mass is 15.0. The van der Waals surface area contributed by atoms with E-state index in [-0.39, 0.29) is 0 Å². The Kier molecular flexibility index (Phi) is 3.03. The zero-order valence-electron chi connectivity index (χ0n) is 16.3. The van der Waals surface area contributed by atoms with Crippen molar-refractivity contribution in [3.63, 3.8) is 0 Å². The predicted octanol–water partition coefficient (Wildman–Crippen LogP) is 7.57. The Morgan fingerprint density at radius 1 is 0.467 bits per heavy atom. The number of hydrogen-bond acceptors (Lipinski definition) is 0. The van der Waals surface area contributed by atoms with Gasteiger partial charge in [-0.3, -0.25) is 0 Å². The molecule has 0 aliphatic rings. The van der Waals surface area contributed by atoms with Crippen molar-refractivity contribution >= 4 is 54.4 Å². The third-order valence-electron chi connectivity index (χ3n) is 6.29. The van der Waals surface area contributed by atoms with E-state index in [2.05, 4.69) is 113 Å². The van der Waals surface area contributed by atoms with Crippen molar-refractivity contribution < 1.29 is 0 Å². The van der Waals surface area contributed by atoms with E-state index in [4.69, 9.17) is 0 Å². The summed E-state index contributed by atoms with van der Waals surface area (Å²) in [6, 6.07) is 37.2. The molecule has 7 aromatic rings. The minimum absolute atomic E-state index is 1.17. The monoisotopic (exact) mass is 382 g/mol. The van der Waals surface area contributed by atoms with Gasteiger partial charge in [-0.15, -0.1) is 0 Å². The highest BCUT2D eigenvalue weighted by molar-refractivity contribution is 6.13. The number of nitrogens with zero attached hydrogens (tertiary/aromatic N) is 1. The Labute approximate surface area is 173 Å². The number of aromatic nitrogens is 2. The molecule has 1 N–H and O–H groups in total. The molecule has 0 aliphatic heterocycles. The smallest absolute Gasteiger partial charge is 0.0541 e. The fourth-order valence-electron chi connectivity index (χ4n) is 4.92. The summed E-state index contributed by atoms with van der Waals surface area (Å²) in [6.07, 6.45) is 0. The number of nitrogens with one attached hydrogen (secondary N) is 1. The minimum atomic E-state index is 1.17. The lowest BCUT2D eigenvalue weighted by molar-refractivity contribution is 1.18. The highest BCUT2D eigenvalue weighted by Gasteiger charge is 2.13. The Morgan fingerprint density at radius 3 is 1.80 bits per heavy atom. The summed E-state index contributed by atoms with van der Waals surface area (Å²) < 4.78 is 2.37. The van der Waals surface area contributed by atoms with Gasteiger partial charge in [0, 0.05) is 38.3 Å². The Morgan fingerprint density at radius 2 is 1.07 bits per heavy atom. The van der Waals surface area contributed by atoms with Crippen molar-refractivity contribution in [1.82, 2.24) is 9.55 Å². The molecule has 0 unspecified atom stereocenters. The third-order valence-corrected chi connectivity index (χ3v) is 6.29. The van der Waals surface area contributed by atoms with Gasteiger partial charge in [-0.1, -0.05) is 66.7 Å². The van der Waals surface area contributed by atoms with Gasteiger partial charge in [-0.05, 0) is 47.2 Å². The van der Waals surface area contributed by atoms with Gasteiger partial charge in [0.05, 0.1) is 11.0 Å². The van der Waals surface area contributed by atoms with E-state index in [9.17, 15) is 0 Å². The van der Waals surface area contributed by atoms with Crippen LogP contribution in [0.1, 0.15) is 0 Å². The Hall–Kier alpha value is -4.04. The molecule has 7 rings (SSSR count). The van der Waals surface area contributed by atoms with Gasteiger partial charge in [0.25, 0.3) is 0 Å². The van der Waals surface area contributed by atoms with Gasteiger partial charge >= 0.3 is 0 Å². The molecule has 0 radical (unpaired) electrons. The van der Waals surface area contributed by atoms with E-state index >= 15 is 0 Å². The van der Waals surface area contributed by atoms with Crippen LogP contribution in [0.2, 0.25) is 0 Å². The van der Waals surface area contributed by atoms with Crippen LogP contribution in [-0.2, 0) is 0 Å². The van der Waals surface area contributed by atoms with Crippen LogP contribution in [0.5, 0.6) is 0 Å². The zero-order chi connectivity index (χ0) is 19.7. The van der Waals surface area contributed by atoms with E-state index in [1.807, 2.05) is 0 Å². The second kappa shape index (κ2) is 5.74. The lowest BCUT2D eigenvalue weighted by Crippen LogP contribution is -1.93. The molecular formula is C28H18N2. The largest absolute Gasteiger partial charge is 0.354 e. The van der Waals surface area contributed by atoms with Gasteiger partial charge in [0.2, 0.25) is 0 Å². The molecule has 0 bridgehead atoms. The first kappa shape index (κ1) is 15.8. The number of H-pyrrole nitrogens is 1. The Balaban J connectivity index is 1.55. The summed E-state index contributed by atoms with van der Waals surface area (Å²) in [6.45, 7) is 0. The van der Waals surface area contributed by atoms with Gasteiger partial charge in [0.1, 0.15) is 0 Å². The fraction of sp³-hybridized carbons (Fsp3) is 0. The quantitative estimate of drug-likeness (QED) is 0.302. The van der Waals surface area contributed by atoms with Crippen LogP contribution < -0.4 is 0 Å². The van der Waals surface area contributed by atoms with E-state index in [0.29, 0.717) is 0 Å². The molecule has 140 valence electrons. The van der Waals surface area contributed by atoms with E-state index in [0.717, 1.165) is 0 Å². The molecular weight excluding hydrogens is 364 g/mol. The molecule has 30 heavy (non-hydrogen) atoms. The lowest BCUT2D eigenvalue weighted by Gasteiger charge is -2.08. The molecule has 0 aliphatic carbocycles. The van der Waals surface area contributed by atoms with Crippen molar-refractivity contribution in [1.29, 1.82) is 0 Å². The fourth-order valence-corrected chi connectivity index (χ4v) is 4.92. The highest BCUT2D eigenvalue weighted by Crippen LogP contribution is 2.34. The SMILES string of the molecule is c1ccc2cc3c(cc2c1)[nH]c1cc(-n2c4ccccc4c4ccccc42)ccc13. The molecule has 0 amide bonds. The van der Waals surface area contributed by atoms with Crippen molar-refractivity contribution in [2.24, 2.45) is 0 Å². The van der Waals surface area contributed by atoms with Crippen LogP contribution >= 0.6 is 0 Å². The summed E-state index contributed by atoms with van der Waals surface area (Å²) in [7, 11) is 0. The molecule has 2 heterocycles. The summed E-state index contributed by atoms with van der Waals surface area (Å²) in [5, 5.41) is 7.65. The molecule has 2 heteroatoms. The lowest BCUT2D eigenvalue weighted by atomic mass is 10.1. The number of aromatic amines is 1. The molecule has 0 fully saturated rings. The predicted molar refractivity (Wildman–Crippen MR) is 128 cm³/mol.